The maximum absolute atomic E-state index is 13.7. The van der Waals surface area contributed by atoms with Gasteiger partial charge < -0.3 is 10.2 Å². The van der Waals surface area contributed by atoms with Crippen molar-refractivity contribution in [3.05, 3.63) is 42.0 Å². The van der Waals surface area contributed by atoms with Crippen LogP contribution in [0.15, 0.2) is 24.5 Å². The van der Waals surface area contributed by atoms with E-state index < -0.39 is 17.5 Å². The predicted molar refractivity (Wildman–Crippen MR) is 72.4 cm³/mol. The summed E-state index contributed by atoms with van der Waals surface area (Å²) in [6.45, 7) is 3.28. The molecule has 0 saturated carbocycles. The van der Waals surface area contributed by atoms with Crippen LogP contribution in [0.25, 0.3) is 11.1 Å². The zero-order valence-electron chi connectivity index (χ0n) is 11.1. The number of aromatic nitrogens is 2. The average Bonchev–Trinajstić information content (AvgIpc) is 2.54. The van der Waals surface area contributed by atoms with Crippen LogP contribution in [-0.4, -0.2) is 36.1 Å². The van der Waals surface area contributed by atoms with Gasteiger partial charge in [0.05, 0.1) is 0 Å². The van der Waals surface area contributed by atoms with E-state index in [2.05, 4.69) is 15.3 Å². The topological polar surface area (TPSA) is 41.1 Å². The molecular weight excluding hydrogens is 281 g/mol. The van der Waals surface area contributed by atoms with Gasteiger partial charge in [0.2, 0.25) is 5.95 Å². The number of halogens is 3. The van der Waals surface area contributed by atoms with Crippen molar-refractivity contribution < 1.29 is 13.2 Å². The molecule has 2 heterocycles. The largest absolute Gasteiger partial charge is 0.338 e. The average molecular weight is 294 g/mol. The lowest BCUT2D eigenvalue weighted by Crippen LogP contribution is -2.44. The van der Waals surface area contributed by atoms with Gasteiger partial charge in [-0.3, -0.25) is 0 Å². The van der Waals surface area contributed by atoms with Gasteiger partial charge in [-0.25, -0.2) is 23.1 Å². The second-order valence-electron chi connectivity index (χ2n) is 4.73. The number of anilines is 1. The second kappa shape index (κ2) is 5.69. The van der Waals surface area contributed by atoms with Gasteiger partial charge in [-0.2, -0.15) is 0 Å². The van der Waals surface area contributed by atoms with E-state index in [1.54, 1.807) is 0 Å². The molecule has 0 unspecified atom stereocenters. The van der Waals surface area contributed by atoms with Gasteiger partial charge in [0.1, 0.15) is 0 Å². The monoisotopic (exact) mass is 294 g/mol. The molecule has 1 aromatic carbocycles. The van der Waals surface area contributed by atoms with Gasteiger partial charge in [-0.1, -0.05) is 0 Å². The molecule has 2 aromatic rings. The Morgan fingerprint density at radius 1 is 0.952 bits per heavy atom. The number of nitrogens with zero attached hydrogens (tertiary/aromatic N) is 3. The summed E-state index contributed by atoms with van der Waals surface area (Å²) in [6, 6.07) is 2.06. The first-order valence-corrected chi connectivity index (χ1v) is 6.58. The van der Waals surface area contributed by atoms with Gasteiger partial charge >= 0.3 is 0 Å². The number of hydrogen-bond donors (Lipinski definition) is 1. The molecule has 1 N–H and O–H groups in total. The summed E-state index contributed by atoms with van der Waals surface area (Å²) >= 11 is 0. The van der Waals surface area contributed by atoms with Crippen molar-refractivity contribution in [2.75, 3.05) is 31.1 Å². The first-order chi connectivity index (χ1) is 10.2. The minimum absolute atomic E-state index is 0.0549. The summed E-state index contributed by atoms with van der Waals surface area (Å²) in [5, 5.41) is 3.22. The summed E-state index contributed by atoms with van der Waals surface area (Å²) < 4.78 is 39.9. The molecule has 0 bridgehead atoms. The normalized spacial score (nSPS) is 15.3. The Labute approximate surface area is 119 Å². The maximum atomic E-state index is 13.7. The first kappa shape index (κ1) is 13.8. The van der Waals surface area contributed by atoms with Crippen molar-refractivity contribution in [2.45, 2.75) is 0 Å². The molecule has 21 heavy (non-hydrogen) atoms. The Morgan fingerprint density at radius 3 is 2.29 bits per heavy atom. The fraction of sp³-hybridized carbons (Fsp3) is 0.286. The van der Waals surface area contributed by atoms with Crippen LogP contribution in [0.2, 0.25) is 0 Å². The van der Waals surface area contributed by atoms with Crippen molar-refractivity contribution in [3.8, 4) is 11.1 Å². The lowest BCUT2D eigenvalue weighted by atomic mass is 10.1. The van der Waals surface area contributed by atoms with E-state index in [-0.39, 0.29) is 5.56 Å². The van der Waals surface area contributed by atoms with Crippen LogP contribution < -0.4 is 10.2 Å². The van der Waals surface area contributed by atoms with Crippen LogP contribution in [0.5, 0.6) is 0 Å². The van der Waals surface area contributed by atoms with Gasteiger partial charge in [0, 0.05) is 49.7 Å². The molecule has 1 fully saturated rings. The number of nitrogens with one attached hydrogen (secondary N) is 1. The van der Waals surface area contributed by atoms with Crippen LogP contribution >= 0.6 is 0 Å². The lowest BCUT2D eigenvalue weighted by Gasteiger charge is -2.27. The van der Waals surface area contributed by atoms with Crippen LogP contribution in [0.1, 0.15) is 0 Å². The van der Waals surface area contributed by atoms with Gasteiger partial charge in [0.25, 0.3) is 0 Å². The molecule has 0 amide bonds. The highest BCUT2D eigenvalue weighted by atomic mass is 19.2. The van der Waals surface area contributed by atoms with Crippen LogP contribution in [0, 0.1) is 17.5 Å². The van der Waals surface area contributed by atoms with E-state index in [4.69, 9.17) is 0 Å². The molecule has 3 rings (SSSR count). The second-order valence-corrected chi connectivity index (χ2v) is 4.73. The van der Waals surface area contributed by atoms with Crippen LogP contribution in [0.4, 0.5) is 19.1 Å². The summed E-state index contributed by atoms with van der Waals surface area (Å²) in [6.07, 6.45) is 2.83. The first-order valence-electron chi connectivity index (χ1n) is 6.58. The zero-order valence-corrected chi connectivity index (χ0v) is 11.1. The molecule has 4 nitrogen and oxygen atoms in total. The fourth-order valence-electron chi connectivity index (χ4n) is 2.24. The Balaban J connectivity index is 1.89. The molecule has 1 aliphatic heterocycles. The molecule has 110 valence electrons. The quantitative estimate of drug-likeness (QED) is 0.860. The number of piperazine rings is 1. The highest BCUT2D eigenvalue weighted by molar-refractivity contribution is 5.63. The lowest BCUT2D eigenvalue weighted by molar-refractivity contribution is 0.449. The van der Waals surface area contributed by atoms with Crippen LogP contribution in [0.3, 0.4) is 0 Å². The molecule has 1 aliphatic rings. The summed E-state index contributed by atoms with van der Waals surface area (Å²) in [5.74, 6) is -3.38. The van der Waals surface area contributed by atoms with E-state index in [0.29, 0.717) is 11.5 Å². The van der Waals surface area contributed by atoms with Crippen molar-refractivity contribution in [1.29, 1.82) is 0 Å². The molecular formula is C14H13F3N4. The van der Waals surface area contributed by atoms with E-state index in [1.165, 1.54) is 18.5 Å². The predicted octanol–water partition coefficient (Wildman–Crippen LogP) is 1.97. The maximum Gasteiger partial charge on any atom is 0.225 e. The SMILES string of the molecule is Fc1ccc(-c2cnc(N3CCNCC3)nc2)c(F)c1F. The van der Waals surface area contributed by atoms with Crippen molar-refractivity contribution in [3.63, 3.8) is 0 Å². The molecule has 7 heteroatoms. The molecule has 0 spiro atoms. The molecule has 1 aromatic heterocycles. The van der Waals surface area contributed by atoms with Gasteiger partial charge in [0.15, 0.2) is 17.5 Å². The Kier molecular flexibility index (Phi) is 3.74. The van der Waals surface area contributed by atoms with Crippen molar-refractivity contribution in [1.82, 2.24) is 15.3 Å². The van der Waals surface area contributed by atoms with E-state index in [0.717, 1.165) is 32.2 Å². The molecule has 0 aliphatic carbocycles. The fourth-order valence-corrected chi connectivity index (χ4v) is 2.24. The van der Waals surface area contributed by atoms with E-state index >= 15 is 0 Å². The van der Waals surface area contributed by atoms with Gasteiger partial charge in [-0.15, -0.1) is 0 Å². The molecule has 0 radical (unpaired) electrons. The molecule has 0 atom stereocenters. The van der Waals surface area contributed by atoms with E-state index in [9.17, 15) is 13.2 Å². The smallest absolute Gasteiger partial charge is 0.225 e. The number of hydrogen-bond acceptors (Lipinski definition) is 4. The Hall–Kier alpha value is -2.15. The Bertz CT molecular complexity index is 639. The third-order valence-electron chi connectivity index (χ3n) is 3.38. The summed E-state index contributed by atoms with van der Waals surface area (Å²) in [5.41, 5.74) is 0.256. The standard InChI is InChI=1S/C14H13F3N4/c15-11-2-1-10(12(16)13(11)17)9-7-19-14(20-8-9)21-5-3-18-4-6-21/h1-2,7-8,18H,3-6H2. The zero-order chi connectivity index (χ0) is 14.8. The minimum Gasteiger partial charge on any atom is -0.338 e. The van der Waals surface area contributed by atoms with Crippen molar-refractivity contribution >= 4 is 5.95 Å². The Morgan fingerprint density at radius 2 is 1.62 bits per heavy atom. The number of benzene rings is 1. The number of rotatable bonds is 2. The van der Waals surface area contributed by atoms with Crippen molar-refractivity contribution in [2.24, 2.45) is 0 Å². The van der Waals surface area contributed by atoms with Gasteiger partial charge in [-0.05, 0) is 12.1 Å². The summed E-state index contributed by atoms with van der Waals surface area (Å²) in [7, 11) is 0. The third-order valence-corrected chi connectivity index (χ3v) is 3.38. The minimum atomic E-state index is -1.49. The molecule has 1 saturated heterocycles. The summed E-state index contributed by atoms with van der Waals surface area (Å²) in [4.78, 5) is 10.4. The van der Waals surface area contributed by atoms with E-state index in [1.807, 2.05) is 4.90 Å². The highest BCUT2D eigenvalue weighted by Crippen LogP contribution is 2.25. The van der Waals surface area contributed by atoms with Crippen LogP contribution in [-0.2, 0) is 0 Å². The third kappa shape index (κ3) is 2.69. The highest BCUT2D eigenvalue weighted by Gasteiger charge is 2.17.